The number of thiophene rings is 2. The summed E-state index contributed by atoms with van der Waals surface area (Å²) >= 11 is 8.86. The van der Waals surface area contributed by atoms with Gasteiger partial charge in [0.25, 0.3) is 5.91 Å². The molecule has 0 N–H and O–H groups in total. The highest BCUT2D eigenvalue weighted by Gasteiger charge is 2.16. The van der Waals surface area contributed by atoms with E-state index in [1.165, 1.54) is 22.7 Å². The summed E-state index contributed by atoms with van der Waals surface area (Å²) in [5.41, 5.74) is 1.04. The molecule has 17 heavy (non-hydrogen) atoms. The molecular formula is C12H12ClNOS2. The Bertz CT molecular complexity index is 532. The molecule has 0 saturated heterocycles. The molecule has 0 aliphatic heterocycles. The van der Waals surface area contributed by atoms with Crippen LogP contribution in [0.25, 0.3) is 0 Å². The summed E-state index contributed by atoms with van der Waals surface area (Å²) in [7, 11) is 1.81. The van der Waals surface area contributed by atoms with E-state index in [4.69, 9.17) is 11.6 Å². The van der Waals surface area contributed by atoms with E-state index in [1.54, 1.807) is 4.90 Å². The molecule has 0 fully saturated rings. The molecule has 0 aliphatic carbocycles. The van der Waals surface area contributed by atoms with Gasteiger partial charge in [-0.25, -0.2) is 0 Å². The largest absolute Gasteiger partial charge is 0.336 e. The Kier molecular flexibility index (Phi) is 3.86. The van der Waals surface area contributed by atoms with Crippen molar-refractivity contribution in [1.82, 2.24) is 4.90 Å². The second-order valence-corrected chi connectivity index (χ2v) is 6.52. The topological polar surface area (TPSA) is 20.3 Å². The fourth-order valence-corrected chi connectivity index (χ4v) is 3.57. The van der Waals surface area contributed by atoms with Gasteiger partial charge in [0.15, 0.2) is 0 Å². The first kappa shape index (κ1) is 12.6. The molecule has 0 bridgehead atoms. The third-order valence-electron chi connectivity index (χ3n) is 2.42. The van der Waals surface area contributed by atoms with Crippen LogP contribution in [0.3, 0.4) is 0 Å². The van der Waals surface area contributed by atoms with Gasteiger partial charge in [-0.15, -0.1) is 22.7 Å². The third-order valence-corrected chi connectivity index (χ3v) is 4.65. The summed E-state index contributed by atoms with van der Waals surface area (Å²) in [6.07, 6.45) is 0. The monoisotopic (exact) mass is 285 g/mol. The van der Waals surface area contributed by atoms with Gasteiger partial charge in [0, 0.05) is 11.9 Å². The minimum absolute atomic E-state index is 0.0713. The van der Waals surface area contributed by atoms with Crippen LogP contribution in [0.15, 0.2) is 23.6 Å². The van der Waals surface area contributed by atoms with E-state index in [1.807, 2.05) is 37.6 Å². The molecule has 0 aliphatic rings. The predicted molar refractivity (Wildman–Crippen MR) is 74.2 cm³/mol. The predicted octanol–water partition coefficient (Wildman–Crippen LogP) is 4.04. The van der Waals surface area contributed by atoms with E-state index < -0.39 is 0 Å². The molecule has 0 unspecified atom stereocenters. The Labute approximate surface area is 113 Å². The molecule has 2 aromatic heterocycles. The number of hydrogen-bond donors (Lipinski definition) is 0. The van der Waals surface area contributed by atoms with Crippen molar-refractivity contribution in [2.75, 3.05) is 7.05 Å². The van der Waals surface area contributed by atoms with Crippen LogP contribution >= 0.6 is 34.3 Å². The van der Waals surface area contributed by atoms with Crippen LogP contribution in [-0.2, 0) is 6.54 Å². The van der Waals surface area contributed by atoms with Crippen molar-refractivity contribution in [3.05, 3.63) is 43.2 Å². The second-order valence-electron chi connectivity index (χ2n) is 3.80. The van der Waals surface area contributed by atoms with Crippen LogP contribution in [0.2, 0.25) is 4.34 Å². The SMILES string of the molecule is Cc1ccsc1C(=O)N(C)Cc1ccc(Cl)s1. The maximum Gasteiger partial charge on any atom is 0.264 e. The number of amides is 1. The van der Waals surface area contributed by atoms with Gasteiger partial charge < -0.3 is 4.90 Å². The van der Waals surface area contributed by atoms with Crippen molar-refractivity contribution in [2.24, 2.45) is 0 Å². The molecular weight excluding hydrogens is 274 g/mol. The third kappa shape index (κ3) is 2.89. The Balaban J connectivity index is 2.08. The van der Waals surface area contributed by atoms with Crippen molar-refractivity contribution in [3.8, 4) is 0 Å². The number of aryl methyl sites for hydroxylation is 1. The Morgan fingerprint density at radius 2 is 2.18 bits per heavy atom. The lowest BCUT2D eigenvalue weighted by Gasteiger charge is -2.15. The molecule has 0 spiro atoms. The Morgan fingerprint density at radius 3 is 2.71 bits per heavy atom. The van der Waals surface area contributed by atoms with Crippen molar-refractivity contribution >= 4 is 40.2 Å². The Morgan fingerprint density at radius 1 is 1.41 bits per heavy atom. The van der Waals surface area contributed by atoms with Crippen LogP contribution in [0.1, 0.15) is 20.1 Å². The van der Waals surface area contributed by atoms with E-state index in [-0.39, 0.29) is 5.91 Å². The molecule has 5 heteroatoms. The summed E-state index contributed by atoms with van der Waals surface area (Å²) in [6.45, 7) is 2.56. The van der Waals surface area contributed by atoms with Gasteiger partial charge in [-0.05, 0) is 36.1 Å². The van der Waals surface area contributed by atoms with Gasteiger partial charge in [0.05, 0.1) is 15.8 Å². The molecule has 0 saturated carbocycles. The average Bonchev–Trinajstić information content (AvgIpc) is 2.86. The number of halogens is 1. The van der Waals surface area contributed by atoms with Gasteiger partial charge >= 0.3 is 0 Å². The maximum absolute atomic E-state index is 12.1. The highest BCUT2D eigenvalue weighted by atomic mass is 35.5. The molecule has 2 nitrogen and oxygen atoms in total. The van der Waals surface area contributed by atoms with Crippen LogP contribution < -0.4 is 0 Å². The average molecular weight is 286 g/mol. The van der Waals surface area contributed by atoms with Crippen LogP contribution in [0.4, 0.5) is 0 Å². The molecule has 1 amide bonds. The van der Waals surface area contributed by atoms with Crippen molar-refractivity contribution in [3.63, 3.8) is 0 Å². The lowest BCUT2D eigenvalue weighted by Crippen LogP contribution is -2.25. The smallest absolute Gasteiger partial charge is 0.264 e. The summed E-state index contributed by atoms with van der Waals surface area (Å²) in [4.78, 5) is 15.8. The fourth-order valence-electron chi connectivity index (χ4n) is 1.51. The highest BCUT2D eigenvalue weighted by molar-refractivity contribution is 7.16. The first-order valence-electron chi connectivity index (χ1n) is 5.11. The number of carbonyl (C=O) groups excluding carboxylic acids is 1. The van der Waals surface area contributed by atoms with Crippen molar-refractivity contribution in [1.29, 1.82) is 0 Å². The molecule has 0 atom stereocenters. The molecule has 2 heterocycles. The second kappa shape index (κ2) is 5.21. The van der Waals surface area contributed by atoms with E-state index in [9.17, 15) is 4.79 Å². The maximum atomic E-state index is 12.1. The number of rotatable bonds is 3. The van der Waals surface area contributed by atoms with Crippen molar-refractivity contribution < 1.29 is 4.79 Å². The van der Waals surface area contributed by atoms with Gasteiger partial charge in [0.2, 0.25) is 0 Å². The van der Waals surface area contributed by atoms with E-state index in [0.29, 0.717) is 6.54 Å². The summed E-state index contributed by atoms with van der Waals surface area (Å²) in [6, 6.07) is 5.78. The molecule has 0 radical (unpaired) electrons. The molecule has 2 aromatic rings. The zero-order valence-electron chi connectivity index (χ0n) is 9.57. The fraction of sp³-hybridized carbons (Fsp3) is 0.250. The highest BCUT2D eigenvalue weighted by Crippen LogP contribution is 2.24. The standard InChI is InChI=1S/C12H12ClNOS2/c1-8-5-6-16-11(8)12(15)14(2)7-9-3-4-10(13)17-9/h3-6H,7H2,1-2H3. The first-order valence-corrected chi connectivity index (χ1v) is 7.19. The minimum atomic E-state index is 0.0713. The normalized spacial score (nSPS) is 10.5. The lowest BCUT2D eigenvalue weighted by atomic mass is 10.2. The van der Waals surface area contributed by atoms with E-state index in [2.05, 4.69) is 0 Å². The van der Waals surface area contributed by atoms with Crippen LogP contribution in [0.5, 0.6) is 0 Å². The van der Waals surface area contributed by atoms with Gasteiger partial charge in [-0.1, -0.05) is 11.6 Å². The molecule has 90 valence electrons. The summed E-state index contributed by atoms with van der Waals surface area (Å²) < 4.78 is 0.758. The zero-order chi connectivity index (χ0) is 12.4. The Hall–Kier alpha value is -0.840. The zero-order valence-corrected chi connectivity index (χ0v) is 12.0. The summed E-state index contributed by atoms with van der Waals surface area (Å²) in [5, 5.41) is 1.94. The molecule has 2 rings (SSSR count). The van der Waals surface area contributed by atoms with Gasteiger partial charge in [-0.3, -0.25) is 4.79 Å². The number of nitrogens with zero attached hydrogens (tertiary/aromatic N) is 1. The number of carbonyl (C=O) groups is 1. The number of hydrogen-bond acceptors (Lipinski definition) is 3. The van der Waals surface area contributed by atoms with Crippen LogP contribution in [-0.4, -0.2) is 17.9 Å². The minimum Gasteiger partial charge on any atom is -0.336 e. The van der Waals surface area contributed by atoms with Crippen LogP contribution in [0, 0.1) is 6.92 Å². The lowest BCUT2D eigenvalue weighted by molar-refractivity contribution is 0.0790. The van der Waals surface area contributed by atoms with Gasteiger partial charge in [0.1, 0.15) is 0 Å². The molecule has 0 aromatic carbocycles. The van der Waals surface area contributed by atoms with E-state index in [0.717, 1.165) is 19.7 Å². The summed E-state index contributed by atoms with van der Waals surface area (Å²) in [5.74, 6) is 0.0713. The quantitative estimate of drug-likeness (QED) is 0.833. The van der Waals surface area contributed by atoms with Crippen molar-refractivity contribution in [2.45, 2.75) is 13.5 Å². The van der Waals surface area contributed by atoms with Gasteiger partial charge in [-0.2, -0.15) is 0 Å². The first-order chi connectivity index (χ1) is 8.08. The van der Waals surface area contributed by atoms with E-state index >= 15 is 0 Å².